The molecule has 0 aromatic rings. The van der Waals surface area contributed by atoms with Crippen molar-refractivity contribution in [3.63, 3.8) is 0 Å². The molecule has 1 saturated heterocycles. The second-order valence-corrected chi connectivity index (χ2v) is 2.14. The van der Waals surface area contributed by atoms with E-state index in [-0.39, 0.29) is 12.3 Å². The van der Waals surface area contributed by atoms with Crippen molar-refractivity contribution in [2.75, 3.05) is 20.8 Å². The summed E-state index contributed by atoms with van der Waals surface area (Å²) in [5, 5.41) is 3.02. The Balaban J connectivity index is 2.32. The molecule has 0 bridgehead atoms. The first kappa shape index (κ1) is 6.99. The van der Waals surface area contributed by atoms with E-state index in [2.05, 4.69) is 5.32 Å². The van der Waals surface area contributed by atoms with Crippen LogP contribution in [0.25, 0.3) is 0 Å². The van der Waals surface area contributed by atoms with Crippen LogP contribution < -0.4 is 5.32 Å². The van der Waals surface area contributed by atoms with Crippen molar-refractivity contribution >= 4 is 0 Å². The maximum absolute atomic E-state index is 5.27. The molecule has 1 fully saturated rings. The summed E-state index contributed by atoms with van der Waals surface area (Å²) in [6, 6.07) is 0. The molecule has 1 aliphatic rings. The predicted molar refractivity (Wildman–Crippen MR) is 34.2 cm³/mol. The zero-order chi connectivity index (χ0) is 6.69. The van der Waals surface area contributed by atoms with E-state index >= 15 is 0 Å². The molecule has 3 nitrogen and oxygen atoms in total. The summed E-state index contributed by atoms with van der Waals surface area (Å²) in [5.74, 6) is 0. The molecule has 2 atom stereocenters. The lowest BCUT2D eigenvalue weighted by molar-refractivity contribution is 0.00119. The summed E-state index contributed by atoms with van der Waals surface area (Å²) in [4.78, 5) is 0. The molecular formula is C6H13NO2. The van der Waals surface area contributed by atoms with Crippen LogP contribution in [0.3, 0.4) is 0 Å². The highest BCUT2D eigenvalue weighted by atomic mass is 16.6. The van der Waals surface area contributed by atoms with Gasteiger partial charge in [0.05, 0.1) is 12.7 Å². The van der Waals surface area contributed by atoms with Crippen molar-refractivity contribution in [2.24, 2.45) is 0 Å². The van der Waals surface area contributed by atoms with Gasteiger partial charge in [0, 0.05) is 13.5 Å². The predicted octanol–water partition coefficient (Wildman–Crippen LogP) is -0.0328. The highest BCUT2D eigenvalue weighted by Crippen LogP contribution is 2.12. The summed E-state index contributed by atoms with van der Waals surface area (Å²) < 4.78 is 10.4. The second-order valence-electron chi connectivity index (χ2n) is 2.14. The molecule has 3 heteroatoms. The first-order valence-electron chi connectivity index (χ1n) is 3.20. The standard InChI is InChI=1S/C6H13NO2/c1-7-6-5(8-2)3-4-9-6/h5-7H,3-4H2,1-2H3. The Labute approximate surface area is 55.3 Å². The molecule has 0 radical (unpaired) electrons. The van der Waals surface area contributed by atoms with Gasteiger partial charge in [-0.2, -0.15) is 0 Å². The Hall–Kier alpha value is -0.120. The third-order valence-corrected chi connectivity index (χ3v) is 1.62. The average molecular weight is 131 g/mol. The van der Waals surface area contributed by atoms with Crippen molar-refractivity contribution in [1.82, 2.24) is 5.32 Å². The van der Waals surface area contributed by atoms with Crippen molar-refractivity contribution in [3.8, 4) is 0 Å². The second kappa shape index (κ2) is 3.15. The van der Waals surface area contributed by atoms with Crippen LogP contribution in [0.5, 0.6) is 0 Å². The molecular weight excluding hydrogens is 118 g/mol. The van der Waals surface area contributed by atoms with Gasteiger partial charge in [-0.15, -0.1) is 0 Å². The number of hydrogen-bond acceptors (Lipinski definition) is 3. The molecule has 1 rings (SSSR count). The van der Waals surface area contributed by atoms with E-state index in [1.165, 1.54) is 0 Å². The van der Waals surface area contributed by atoms with E-state index in [1.54, 1.807) is 7.11 Å². The van der Waals surface area contributed by atoms with Crippen LogP contribution >= 0.6 is 0 Å². The van der Waals surface area contributed by atoms with Gasteiger partial charge in [0.2, 0.25) is 0 Å². The van der Waals surface area contributed by atoms with Gasteiger partial charge in [-0.3, -0.25) is 5.32 Å². The lowest BCUT2D eigenvalue weighted by Crippen LogP contribution is -2.35. The van der Waals surface area contributed by atoms with Crippen molar-refractivity contribution in [1.29, 1.82) is 0 Å². The zero-order valence-electron chi connectivity index (χ0n) is 5.89. The molecule has 1 heterocycles. The minimum absolute atomic E-state index is 0.106. The molecule has 0 spiro atoms. The number of methoxy groups -OCH3 is 1. The molecule has 0 amide bonds. The van der Waals surface area contributed by atoms with Crippen LogP contribution in [0, 0.1) is 0 Å². The van der Waals surface area contributed by atoms with Gasteiger partial charge in [-0.25, -0.2) is 0 Å². The fourth-order valence-corrected chi connectivity index (χ4v) is 1.08. The lowest BCUT2D eigenvalue weighted by Gasteiger charge is -2.14. The largest absolute Gasteiger partial charge is 0.377 e. The van der Waals surface area contributed by atoms with Gasteiger partial charge in [0.25, 0.3) is 0 Å². The van der Waals surface area contributed by atoms with Gasteiger partial charge in [0.1, 0.15) is 6.23 Å². The third kappa shape index (κ3) is 1.41. The van der Waals surface area contributed by atoms with E-state index in [9.17, 15) is 0 Å². The van der Waals surface area contributed by atoms with Gasteiger partial charge >= 0.3 is 0 Å². The SMILES string of the molecule is CNC1OCCC1OC. The highest BCUT2D eigenvalue weighted by Gasteiger charge is 2.25. The van der Waals surface area contributed by atoms with Gasteiger partial charge in [0.15, 0.2) is 0 Å². The molecule has 0 saturated carbocycles. The molecule has 0 aromatic carbocycles. The highest BCUT2D eigenvalue weighted by molar-refractivity contribution is 4.72. The molecule has 0 aromatic heterocycles. The summed E-state index contributed by atoms with van der Waals surface area (Å²) in [6.45, 7) is 0.810. The van der Waals surface area contributed by atoms with Crippen LogP contribution in [-0.2, 0) is 9.47 Å². The molecule has 54 valence electrons. The van der Waals surface area contributed by atoms with Crippen LogP contribution in [0.4, 0.5) is 0 Å². The Kier molecular flexibility index (Phi) is 2.45. The fraction of sp³-hybridized carbons (Fsp3) is 1.00. The molecule has 1 aliphatic heterocycles. The Morgan fingerprint density at radius 1 is 1.67 bits per heavy atom. The van der Waals surface area contributed by atoms with E-state index in [0.29, 0.717) is 0 Å². The van der Waals surface area contributed by atoms with Crippen LogP contribution in [0.15, 0.2) is 0 Å². The number of hydrogen-bond donors (Lipinski definition) is 1. The van der Waals surface area contributed by atoms with E-state index in [4.69, 9.17) is 9.47 Å². The summed E-state index contributed by atoms with van der Waals surface area (Å²) in [5.41, 5.74) is 0. The lowest BCUT2D eigenvalue weighted by atomic mass is 10.3. The first-order valence-corrected chi connectivity index (χ1v) is 3.20. The molecule has 1 N–H and O–H groups in total. The van der Waals surface area contributed by atoms with E-state index in [0.717, 1.165) is 13.0 Å². The third-order valence-electron chi connectivity index (χ3n) is 1.62. The summed E-state index contributed by atoms with van der Waals surface area (Å²) >= 11 is 0. The summed E-state index contributed by atoms with van der Waals surface area (Å²) in [7, 11) is 3.59. The van der Waals surface area contributed by atoms with Gasteiger partial charge in [-0.05, 0) is 7.05 Å². The fourth-order valence-electron chi connectivity index (χ4n) is 1.08. The quantitative estimate of drug-likeness (QED) is 0.570. The number of likely N-dealkylation sites (N-methyl/N-ethyl adjacent to an activating group) is 1. The molecule has 2 unspecified atom stereocenters. The van der Waals surface area contributed by atoms with E-state index in [1.807, 2.05) is 7.05 Å². The topological polar surface area (TPSA) is 30.5 Å². The number of rotatable bonds is 2. The van der Waals surface area contributed by atoms with Gasteiger partial charge in [-0.1, -0.05) is 0 Å². The number of ether oxygens (including phenoxy) is 2. The van der Waals surface area contributed by atoms with Crippen LogP contribution in [0.1, 0.15) is 6.42 Å². The van der Waals surface area contributed by atoms with Crippen molar-refractivity contribution in [2.45, 2.75) is 18.8 Å². The average Bonchev–Trinajstić information content (AvgIpc) is 2.33. The van der Waals surface area contributed by atoms with Crippen molar-refractivity contribution < 1.29 is 9.47 Å². The smallest absolute Gasteiger partial charge is 0.134 e. The Bertz CT molecular complexity index is 77.1. The number of nitrogens with one attached hydrogen (secondary N) is 1. The molecule has 0 aliphatic carbocycles. The van der Waals surface area contributed by atoms with Crippen LogP contribution in [0.2, 0.25) is 0 Å². The summed E-state index contributed by atoms with van der Waals surface area (Å²) in [6.07, 6.45) is 1.35. The van der Waals surface area contributed by atoms with Crippen molar-refractivity contribution in [3.05, 3.63) is 0 Å². The minimum atomic E-state index is 0.106. The van der Waals surface area contributed by atoms with Crippen LogP contribution in [-0.4, -0.2) is 33.1 Å². The zero-order valence-corrected chi connectivity index (χ0v) is 5.89. The Morgan fingerprint density at radius 2 is 2.44 bits per heavy atom. The first-order chi connectivity index (χ1) is 4.38. The Morgan fingerprint density at radius 3 is 2.89 bits per heavy atom. The van der Waals surface area contributed by atoms with E-state index < -0.39 is 0 Å². The molecule has 9 heavy (non-hydrogen) atoms. The monoisotopic (exact) mass is 131 g/mol. The minimum Gasteiger partial charge on any atom is -0.377 e. The maximum atomic E-state index is 5.27. The maximum Gasteiger partial charge on any atom is 0.134 e. The van der Waals surface area contributed by atoms with Gasteiger partial charge < -0.3 is 9.47 Å². The normalized spacial score (nSPS) is 35.3.